The minimum atomic E-state index is -0.442. The molecule has 3 rings (SSSR count). The number of rotatable bonds is 3. The highest BCUT2D eigenvalue weighted by atomic mass is 19.1. The summed E-state index contributed by atoms with van der Waals surface area (Å²) in [4.78, 5) is 26.2. The van der Waals surface area contributed by atoms with Crippen LogP contribution in [0.1, 0.15) is 17.5 Å². The van der Waals surface area contributed by atoms with Crippen LogP contribution in [0.15, 0.2) is 42.5 Å². The molecule has 5 heteroatoms. The Balaban J connectivity index is 1.69. The Hall–Kier alpha value is -2.69. The Bertz CT molecular complexity index is 786. The average Bonchev–Trinajstić information content (AvgIpc) is 2.94. The Morgan fingerprint density at radius 1 is 1.17 bits per heavy atom. The molecule has 2 aromatic rings. The van der Waals surface area contributed by atoms with Gasteiger partial charge in [-0.25, -0.2) is 4.39 Å². The Morgan fingerprint density at radius 2 is 1.88 bits per heavy atom. The quantitative estimate of drug-likeness (QED) is 0.939. The van der Waals surface area contributed by atoms with E-state index in [4.69, 9.17) is 0 Å². The summed E-state index contributed by atoms with van der Waals surface area (Å²) in [6.45, 7) is 3.98. The van der Waals surface area contributed by atoms with Crippen LogP contribution in [0, 0.1) is 25.6 Å². The molecule has 1 heterocycles. The molecule has 1 aliphatic heterocycles. The predicted molar refractivity (Wildman–Crippen MR) is 91.4 cm³/mol. The molecule has 1 N–H and O–H groups in total. The summed E-state index contributed by atoms with van der Waals surface area (Å²) in [5.74, 6) is -1.14. The molecule has 0 aliphatic carbocycles. The molecule has 24 heavy (non-hydrogen) atoms. The van der Waals surface area contributed by atoms with E-state index in [1.165, 1.54) is 6.07 Å². The number of carbonyl (C=O) groups excluding carboxylic acids is 2. The number of anilines is 2. The van der Waals surface area contributed by atoms with Gasteiger partial charge >= 0.3 is 0 Å². The SMILES string of the molecule is Cc1ccc(N2C[C@H](C(=O)Nc3ccc(C)c(F)c3)CC2=O)cc1. The molecule has 1 atom stereocenters. The van der Waals surface area contributed by atoms with E-state index in [1.807, 2.05) is 31.2 Å². The van der Waals surface area contributed by atoms with E-state index in [0.29, 0.717) is 17.8 Å². The minimum absolute atomic E-state index is 0.0749. The first kappa shape index (κ1) is 16.2. The van der Waals surface area contributed by atoms with Gasteiger partial charge in [0.1, 0.15) is 5.82 Å². The topological polar surface area (TPSA) is 49.4 Å². The number of aryl methyl sites for hydroxylation is 2. The van der Waals surface area contributed by atoms with E-state index in [0.717, 1.165) is 11.3 Å². The van der Waals surface area contributed by atoms with Gasteiger partial charge in [0.25, 0.3) is 0 Å². The van der Waals surface area contributed by atoms with Crippen molar-refractivity contribution in [3.05, 3.63) is 59.4 Å². The lowest BCUT2D eigenvalue weighted by molar-refractivity contribution is -0.122. The van der Waals surface area contributed by atoms with Gasteiger partial charge in [-0.05, 0) is 43.7 Å². The van der Waals surface area contributed by atoms with Gasteiger partial charge in [-0.2, -0.15) is 0 Å². The van der Waals surface area contributed by atoms with Crippen molar-refractivity contribution in [3.63, 3.8) is 0 Å². The standard InChI is InChI=1S/C19H19FN2O2/c1-12-3-7-16(8-4-12)22-11-14(9-18(22)23)19(24)21-15-6-5-13(2)17(20)10-15/h3-8,10,14H,9,11H2,1-2H3,(H,21,24)/t14-/m1/s1. The molecule has 4 nitrogen and oxygen atoms in total. The molecule has 0 aromatic heterocycles. The van der Waals surface area contributed by atoms with Crippen molar-refractivity contribution in [1.82, 2.24) is 0 Å². The maximum atomic E-state index is 13.6. The summed E-state index contributed by atoms with van der Waals surface area (Å²) in [7, 11) is 0. The predicted octanol–water partition coefficient (Wildman–Crippen LogP) is 3.43. The summed E-state index contributed by atoms with van der Waals surface area (Å²) in [5, 5.41) is 2.70. The fourth-order valence-electron chi connectivity index (χ4n) is 2.77. The van der Waals surface area contributed by atoms with Gasteiger partial charge in [0, 0.05) is 24.3 Å². The van der Waals surface area contributed by atoms with Gasteiger partial charge in [-0.1, -0.05) is 23.8 Å². The third-order valence-corrected chi connectivity index (χ3v) is 4.28. The number of amides is 2. The minimum Gasteiger partial charge on any atom is -0.326 e. The molecular formula is C19H19FN2O2. The lowest BCUT2D eigenvalue weighted by Gasteiger charge is -2.17. The maximum Gasteiger partial charge on any atom is 0.229 e. The second kappa shape index (κ2) is 6.43. The number of nitrogens with one attached hydrogen (secondary N) is 1. The smallest absolute Gasteiger partial charge is 0.229 e. The van der Waals surface area contributed by atoms with E-state index in [2.05, 4.69) is 5.32 Å². The Morgan fingerprint density at radius 3 is 2.54 bits per heavy atom. The van der Waals surface area contributed by atoms with E-state index >= 15 is 0 Å². The Labute approximate surface area is 140 Å². The molecule has 0 bridgehead atoms. The van der Waals surface area contributed by atoms with Crippen LogP contribution in [0.2, 0.25) is 0 Å². The summed E-state index contributed by atoms with van der Waals surface area (Å²) < 4.78 is 13.6. The van der Waals surface area contributed by atoms with Crippen molar-refractivity contribution in [2.45, 2.75) is 20.3 Å². The summed E-state index contributed by atoms with van der Waals surface area (Å²) in [5.41, 5.74) is 2.84. The van der Waals surface area contributed by atoms with Crippen molar-refractivity contribution in [3.8, 4) is 0 Å². The van der Waals surface area contributed by atoms with E-state index in [9.17, 15) is 14.0 Å². The van der Waals surface area contributed by atoms with Crippen LogP contribution >= 0.6 is 0 Å². The number of hydrogen-bond acceptors (Lipinski definition) is 2. The summed E-state index contributed by atoms with van der Waals surface area (Å²) in [6, 6.07) is 12.2. The lowest BCUT2D eigenvalue weighted by Crippen LogP contribution is -2.28. The fourth-order valence-corrected chi connectivity index (χ4v) is 2.77. The van der Waals surface area contributed by atoms with E-state index in [-0.39, 0.29) is 24.1 Å². The summed E-state index contributed by atoms with van der Waals surface area (Å²) >= 11 is 0. The highest BCUT2D eigenvalue weighted by Gasteiger charge is 2.35. The van der Waals surface area contributed by atoms with Crippen LogP contribution in [0.25, 0.3) is 0 Å². The molecule has 1 aliphatic rings. The molecule has 1 saturated heterocycles. The molecule has 1 fully saturated rings. The van der Waals surface area contributed by atoms with Crippen LogP contribution in [0.4, 0.5) is 15.8 Å². The number of carbonyl (C=O) groups is 2. The molecule has 0 saturated carbocycles. The zero-order valence-electron chi connectivity index (χ0n) is 13.7. The highest BCUT2D eigenvalue weighted by molar-refractivity contribution is 6.03. The maximum absolute atomic E-state index is 13.6. The van der Waals surface area contributed by atoms with Crippen LogP contribution in [0.5, 0.6) is 0 Å². The van der Waals surface area contributed by atoms with Gasteiger partial charge in [-0.3, -0.25) is 9.59 Å². The zero-order valence-corrected chi connectivity index (χ0v) is 13.7. The number of hydrogen-bond donors (Lipinski definition) is 1. The number of halogens is 1. The van der Waals surface area contributed by atoms with Crippen molar-refractivity contribution in [2.75, 3.05) is 16.8 Å². The van der Waals surface area contributed by atoms with E-state index in [1.54, 1.807) is 24.0 Å². The van der Waals surface area contributed by atoms with Gasteiger partial charge in [0.2, 0.25) is 11.8 Å². The van der Waals surface area contributed by atoms with Crippen molar-refractivity contribution < 1.29 is 14.0 Å². The normalized spacial score (nSPS) is 17.2. The van der Waals surface area contributed by atoms with Crippen LogP contribution in [-0.4, -0.2) is 18.4 Å². The van der Waals surface area contributed by atoms with Crippen molar-refractivity contribution >= 4 is 23.2 Å². The molecule has 2 amide bonds. The average molecular weight is 326 g/mol. The fraction of sp³-hybridized carbons (Fsp3) is 0.263. The van der Waals surface area contributed by atoms with Gasteiger partial charge in [-0.15, -0.1) is 0 Å². The molecule has 2 aromatic carbocycles. The van der Waals surface area contributed by atoms with Gasteiger partial charge in [0.05, 0.1) is 5.92 Å². The molecule has 0 radical (unpaired) electrons. The number of nitrogens with zero attached hydrogens (tertiary/aromatic N) is 1. The third-order valence-electron chi connectivity index (χ3n) is 4.28. The van der Waals surface area contributed by atoms with Crippen molar-refractivity contribution in [2.24, 2.45) is 5.92 Å². The largest absolute Gasteiger partial charge is 0.326 e. The third kappa shape index (κ3) is 3.30. The first-order chi connectivity index (χ1) is 11.4. The monoisotopic (exact) mass is 326 g/mol. The molecule has 124 valence electrons. The number of benzene rings is 2. The second-order valence-electron chi connectivity index (χ2n) is 6.19. The lowest BCUT2D eigenvalue weighted by atomic mass is 10.1. The molecule has 0 unspecified atom stereocenters. The van der Waals surface area contributed by atoms with E-state index < -0.39 is 5.92 Å². The van der Waals surface area contributed by atoms with Crippen LogP contribution in [0.3, 0.4) is 0 Å². The van der Waals surface area contributed by atoms with Crippen LogP contribution < -0.4 is 10.2 Å². The Kier molecular flexibility index (Phi) is 4.34. The first-order valence-electron chi connectivity index (χ1n) is 7.88. The summed E-state index contributed by atoms with van der Waals surface area (Å²) in [6.07, 6.45) is 0.161. The van der Waals surface area contributed by atoms with Gasteiger partial charge < -0.3 is 10.2 Å². The highest BCUT2D eigenvalue weighted by Crippen LogP contribution is 2.26. The molecular weight excluding hydrogens is 307 g/mol. The van der Waals surface area contributed by atoms with Gasteiger partial charge in [0.15, 0.2) is 0 Å². The molecule has 0 spiro atoms. The van der Waals surface area contributed by atoms with Crippen LogP contribution in [-0.2, 0) is 9.59 Å². The second-order valence-corrected chi connectivity index (χ2v) is 6.19. The van der Waals surface area contributed by atoms with Crippen molar-refractivity contribution in [1.29, 1.82) is 0 Å². The first-order valence-corrected chi connectivity index (χ1v) is 7.88. The zero-order chi connectivity index (χ0) is 17.3.